The van der Waals surface area contributed by atoms with Gasteiger partial charge in [0.1, 0.15) is 11.8 Å². The number of carboxylic acids is 1. The molecule has 0 spiro atoms. The highest BCUT2D eigenvalue weighted by Crippen LogP contribution is 2.23. The minimum Gasteiger partial charge on any atom is -0.491 e. The molecule has 3 amide bonds. The smallest absolute Gasteiger partial charge is 0.328 e. The standard InChI is InChI=1S/C25H32N6O6/c1-13(2)37-18-8-14(3)21(15(4)9-18)23(34)31-19(24(35)36)11-28-20(32)12-29-22(33)16-6-5-7-17(10-16)30-25(26)27/h5-10,13,19H,11-12H2,1-4H3,(H,28,32)(H,29,33)(H,31,34)(H,35,36)(H4,26,27,30)/t19-/m0/s1. The second-order valence-electron chi connectivity index (χ2n) is 8.54. The Labute approximate surface area is 214 Å². The molecule has 2 rings (SSSR count). The van der Waals surface area contributed by atoms with Crippen LogP contribution in [0.5, 0.6) is 5.75 Å². The average molecular weight is 513 g/mol. The fourth-order valence-electron chi connectivity index (χ4n) is 3.46. The predicted octanol–water partition coefficient (Wildman–Crippen LogP) is 0.725. The van der Waals surface area contributed by atoms with Gasteiger partial charge in [-0.25, -0.2) is 9.79 Å². The highest BCUT2D eigenvalue weighted by molar-refractivity contribution is 6.00. The quantitative estimate of drug-likeness (QED) is 0.187. The summed E-state index contributed by atoms with van der Waals surface area (Å²) in [6.45, 7) is 6.41. The molecule has 0 bridgehead atoms. The van der Waals surface area contributed by atoms with Gasteiger partial charge in [-0.05, 0) is 69.2 Å². The third-order valence-electron chi connectivity index (χ3n) is 4.99. The van der Waals surface area contributed by atoms with Crippen molar-refractivity contribution in [3.8, 4) is 5.75 Å². The van der Waals surface area contributed by atoms with Crippen molar-refractivity contribution < 1.29 is 29.0 Å². The van der Waals surface area contributed by atoms with Gasteiger partial charge in [0.25, 0.3) is 11.8 Å². The van der Waals surface area contributed by atoms with Gasteiger partial charge in [-0.3, -0.25) is 14.4 Å². The van der Waals surface area contributed by atoms with Crippen LogP contribution in [0.2, 0.25) is 0 Å². The lowest BCUT2D eigenvalue weighted by molar-refractivity contribution is -0.139. The number of nitrogens with zero attached hydrogens (tertiary/aromatic N) is 1. The largest absolute Gasteiger partial charge is 0.491 e. The number of guanidine groups is 1. The third-order valence-corrected chi connectivity index (χ3v) is 4.99. The van der Waals surface area contributed by atoms with Gasteiger partial charge in [0.05, 0.1) is 18.3 Å². The van der Waals surface area contributed by atoms with Crippen LogP contribution < -0.4 is 32.2 Å². The second kappa shape index (κ2) is 12.9. The lowest BCUT2D eigenvalue weighted by atomic mass is 10.0. The lowest BCUT2D eigenvalue weighted by Crippen LogP contribution is -2.50. The molecule has 0 saturated carbocycles. The van der Waals surface area contributed by atoms with Gasteiger partial charge in [-0.15, -0.1) is 0 Å². The Hall–Kier alpha value is -4.61. The number of nitrogens with one attached hydrogen (secondary N) is 3. The van der Waals surface area contributed by atoms with E-state index in [1.165, 1.54) is 12.1 Å². The fraction of sp³-hybridized carbons (Fsp3) is 0.320. The fourth-order valence-corrected chi connectivity index (χ4v) is 3.46. The molecule has 0 aliphatic rings. The maximum absolute atomic E-state index is 12.8. The summed E-state index contributed by atoms with van der Waals surface area (Å²) in [5, 5.41) is 16.8. The number of nitrogens with two attached hydrogens (primary N) is 2. The molecule has 0 fully saturated rings. The zero-order chi connectivity index (χ0) is 27.7. The van der Waals surface area contributed by atoms with Gasteiger partial charge in [0.15, 0.2) is 5.96 Å². The molecule has 0 aliphatic carbocycles. The van der Waals surface area contributed by atoms with E-state index < -0.39 is 36.3 Å². The zero-order valence-electron chi connectivity index (χ0n) is 21.1. The zero-order valence-corrected chi connectivity index (χ0v) is 21.1. The maximum Gasteiger partial charge on any atom is 0.328 e. The Morgan fingerprint density at radius 1 is 1.00 bits per heavy atom. The Morgan fingerprint density at radius 2 is 1.65 bits per heavy atom. The predicted molar refractivity (Wildman–Crippen MR) is 138 cm³/mol. The number of hydrogen-bond acceptors (Lipinski definition) is 6. The summed E-state index contributed by atoms with van der Waals surface area (Å²) in [4.78, 5) is 52.9. The van der Waals surface area contributed by atoms with Crippen molar-refractivity contribution in [2.75, 3.05) is 13.1 Å². The van der Waals surface area contributed by atoms with Crippen LogP contribution in [-0.4, -0.2) is 60.0 Å². The van der Waals surface area contributed by atoms with Crippen molar-refractivity contribution in [1.29, 1.82) is 0 Å². The first-order valence-corrected chi connectivity index (χ1v) is 11.4. The average Bonchev–Trinajstić information content (AvgIpc) is 2.78. The lowest BCUT2D eigenvalue weighted by Gasteiger charge is -2.18. The number of aliphatic imine (C=N–C) groups is 1. The monoisotopic (exact) mass is 512 g/mol. The Morgan fingerprint density at radius 3 is 2.22 bits per heavy atom. The van der Waals surface area contributed by atoms with Gasteiger partial charge in [0, 0.05) is 17.7 Å². The van der Waals surface area contributed by atoms with E-state index in [2.05, 4.69) is 20.9 Å². The molecule has 2 aromatic rings. The second-order valence-corrected chi connectivity index (χ2v) is 8.54. The first-order chi connectivity index (χ1) is 17.4. The molecule has 0 heterocycles. The molecule has 37 heavy (non-hydrogen) atoms. The topological polar surface area (TPSA) is 198 Å². The number of carbonyl (C=O) groups is 4. The number of aryl methyl sites for hydroxylation is 2. The molecular formula is C25H32N6O6. The summed E-state index contributed by atoms with van der Waals surface area (Å²) in [6.07, 6.45) is -0.0434. The molecule has 2 aromatic carbocycles. The maximum atomic E-state index is 12.8. The number of aliphatic carboxylic acids is 1. The summed E-state index contributed by atoms with van der Waals surface area (Å²) < 4.78 is 5.66. The molecule has 1 atom stereocenters. The normalized spacial score (nSPS) is 11.3. The van der Waals surface area contributed by atoms with Crippen LogP contribution in [-0.2, 0) is 9.59 Å². The van der Waals surface area contributed by atoms with Gasteiger partial charge in [-0.2, -0.15) is 0 Å². The number of amides is 3. The molecule has 0 aliphatic heterocycles. The number of benzene rings is 2. The van der Waals surface area contributed by atoms with Gasteiger partial charge < -0.3 is 37.3 Å². The minimum absolute atomic E-state index is 0.0434. The number of carboxylic acid groups (broad SMARTS) is 1. The summed E-state index contributed by atoms with van der Waals surface area (Å²) in [5.74, 6) is -2.68. The van der Waals surface area contributed by atoms with E-state index in [4.69, 9.17) is 16.2 Å². The van der Waals surface area contributed by atoms with E-state index in [9.17, 15) is 24.3 Å². The van der Waals surface area contributed by atoms with Crippen LogP contribution in [0, 0.1) is 13.8 Å². The van der Waals surface area contributed by atoms with E-state index in [-0.39, 0.29) is 24.2 Å². The Kier molecular flexibility index (Phi) is 9.99. The van der Waals surface area contributed by atoms with Crippen molar-refractivity contribution in [3.63, 3.8) is 0 Å². The van der Waals surface area contributed by atoms with Crippen LogP contribution in [0.3, 0.4) is 0 Å². The number of carbonyl (C=O) groups excluding carboxylic acids is 3. The molecule has 12 nitrogen and oxygen atoms in total. The van der Waals surface area contributed by atoms with E-state index in [1.54, 1.807) is 38.1 Å². The van der Waals surface area contributed by atoms with Crippen LogP contribution >= 0.6 is 0 Å². The van der Waals surface area contributed by atoms with Crippen LogP contribution in [0.1, 0.15) is 45.7 Å². The molecule has 0 saturated heterocycles. The number of rotatable bonds is 11. The molecule has 0 unspecified atom stereocenters. The van der Waals surface area contributed by atoms with E-state index in [0.717, 1.165) is 0 Å². The highest BCUT2D eigenvalue weighted by Gasteiger charge is 2.24. The minimum atomic E-state index is -1.39. The van der Waals surface area contributed by atoms with Gasteiger partial charge >= 0.3 is 5.97 Å². The van der Waals surface area contributed by atoms with Crippen molar-refractivity contribution in [3.05, 3.63) is 58.7 Å². The number of ether oxygens (including phenoxy) is 1. The molecule has 0 radical (unpaired) electrons. The molecule has 8 N–H and O–H groups in total. The first kappa shape index (κ1) is 28.6. The summed E-state index contributed by atoms with van der Waals surface area (Å²) in [7, 11) is 0. The van der Waals surface area contributed by atoms with Crippen molar-refractivity contribution in [2.45, 2.75) is 39.8 Å². The van der Waals surface area contributed by atoms with Crippen LogP contribution in [0.25, 0.3) is 0 Å². The molecule has 198 valence electrons. The van der Waals surface area contributed by atoms with Crippen LogP contribution in [0.15, 0.2) is 41.4 Å². The SMILES string of the molecule is Cc1cc(OC(C)C)cc(C)c1C(=O)N[C@@H](CNC(=O)CNC(=O)c1cccc(N=C(N)N)c1)C(=O)O. The molecular weight excluding hydrogens is 480 g/mol. The molecule has 12 heteroatoms. The first-order valence-electron chi connectivity index (χ1n) is 11.4. The Balaban J connectivity index is 1.96. The van der Waals surface area contributed by atoms with Crippen molar-refractivity contribution in [1.82, 2.24) is 16.0 Å². The van der Waals surface area contributed by atoms with Gasteiger partial charge in [0.2, 0.25) is 5.91 Å². The van der Waals surface area contributed by atoms with Crippen molar-refractivity contribution >= 4 is 35.3 Å². The summed E-state index contributed by atoms with van der Waals surface area (Å²) >= 11 is 0. The molecule has 0 aromatic heterocycles. The van der Waals surface area contributed by atoms with E-state index in [1.807, 2.05) is 13.8 Å². The van der Waals surface area contributed by atoms with E-state index in [0.29, 0.717) is 28.1 Å². The van der Waals surface area contributed by atoms with Crippen molar-refractivity contribution in [2.24, 2.45) is 16.5 Å². The van der Waals surface area contributed by atoms with Gasteiger partial charge in [-0.1, -0.05) is 6.07 Å². The van der Waals surface area contributed by atoms with Crippen LogP contribution in [0.4, 0.5) is 5.69 Å². The highest BCUT2D eigenvalue weighted by atomic mass is 16.5. The number of hydrogen-bond donors (Lipinski definition) is 6. The third kappa shape index (κ3) is 8.84. The summed E-state index contributed by atoms with van der Waals surface area (Å²) in [6, 6.07) is 8.14. The Bertz CT molecular complexity index is 1180. The van der Waals surface area contributed by atoms with E-state index >= 15 is 0 Å². The summed E-state index contributed by atoms with van der Waals surface area (Å²) in [5.41, 5.74) is 12.8.